The third kappa shape index (κ3) is 4.28. The van der Waals surface area contributed by atoms with E-state index in [1.807, 2.05) is 63.2 Å². The summed E-state index contributed by atoms with van der Waals surface area (Å²) in [7, 11) is 1.62. The minimum absolute atomic E-state index is 0.158. The quantitative estimate of drug-likeness (QED) is 0.874. The summed E-state index contributed by atoms with van der Waals surface area (Å²) in [5, 5.41) is 2.98. The normalized spacial score (nSPS) is 13.0. The zero-order valence-electron chi connectivity index (χ0n) is 14.9. The summed E-state index contributed by atoms with van der Waals surface area (Å²) in [4.78, 5) is 12.5. The van der Waals surface area contributed by atoms with Gasteiger partial charge in [-0.3, -0.25) is 4.79 Å². The van der Waals surface area contributed by atoms with Crippen LogP contribution in [0.5, 0.6) is 11.5 Å². The second kappa shape index (κ2) is 7.86. The molecule has 2 atom stereocenters. The number of carbonyl (C=O) groups is 1. The second-order valence-electron chi connectivity index (χ2n) is 6.00. The van der Waals surface area contributed by atoms with Gasteiger partial charge in [-0.05, 0) is 51.0 Å². The van der Waals surface area contributed by atoms with E-state index < -0.39 is 6.10 Å². The van der Waals surface area contributed by atoms with Gasteiger partial charge in [-0.25, -0.2) is 0 Å². The fourth-order valence-electron chi connectivity index (χ4n) is 2.51. The van der Waals surface area contributed by atoms with Crippen molar-refractivity contribution in [1.29, 1.82) is 0 Å². The van der Waals surface area contributed by atoms with Gasteiger partial charge in [0.25, 0.3) is 5.91 Å². The average Bonchev–Trinajstić information content (AvgIpc) is 2.57. The Bertz CT molecular complexity index is 712. The Labute approximate surface area is 143 Å². The van der Waals surface area contributed by atoms with Crippen LogP contribution in [0.2, 0.25) is 0 Å². The third-order valence-electron chi connectivity index (χ3n) is 3.98. The highest BCUT2D eigenvalue weighted by Crippen LogP contribution is 2.25. The van der Waals surface area contributed by atoms with Crippen LogP contribution in [0.1, 0.15) is 36.6 Å². The van der Waals surface area contributed by atoms with Gasteiger partial charge in [0.05, 0.1) is 13.2 Å². The summed E-state index contributed by atoms with van der Waals surface area (Å²) in [5.41, 5.74) is 3.05. The van der Waals surface area contributed by atoms with Gasteiger partial charge in [0, 0.05) is 5.56 Å². The maximum Gasteiger partial charge on any atom is 0.261 e. The summed E-state index contributed by atoms with van der Waals surface area (Å²) < 4.78 is 11.2. The van der Waals surface area contributed by atoms with Crippen LogP contribution in [-0.4, -0.2) is 19.1 Å². The van der Waals surface area contributed by atoms with Gasteiger partial charge in [-0.15, -0.1) is 0 Å². The van der Waals surface area contributed by atoms with E-state index in [1.54, 1.807) is 14.0 Å². The van der Waals surface area contributed by atoms with Crippen molar-refractivity contribution < 1.29 is 14.3 Å². The number of hydrogen-bond donors (Lipinski definition) is 1. The molecule has 0 spiro atoms. The van der Waals surface area contributed by atoms with E-state index in [4.69, 9.17) is 9.47 Å². The lowest BCUT2D eigenvalue weighted by molar-refractivity contribution is -0.127. The highest BCUT2D eigenvalue weighted by molar-refractivity contribution is 5.81. The molecule has 2 aromatic carbocycles. The number of para-hydroxylation sites is 1. The van der Waals surface area contributed by atoms with Crippen LogP contribution >= 0.6 is 0 Å². The topological polar surface area (TPSA) is 47.6 Å². The number of aryl methyl sites for hydroxylation is 2. The molecule has 0 aliphatic heterocycles. The number of amides is 1. The molecule has 128 valence electrons. The Hall–Kier alpha value is -2.49. The molecular formula is C20H25NO3. The van der Waals surface area contributed by atoms with Crippen LogP contribution in [0.3, 0.4) is 0 Å². The van der Waals surface area contributed by atoms with Crippen molar-refractivity contribution in [2.24, 2.45) is 0 Å². The molecule has 24 heavy (non-hydrogen) atoms. The second-order valence-corrected chi connectivity index (χ2v) is 6.00. The van der Waals surface area contributed by atoms with E-state index in [0.717, 1.165) is 28.2 Å². The molecule has 0 saturated heterocycles. The van der Waals surface area contributed by atoms with Crippen molar-refractivity contribution >= 4 is 5.91 Å². The SMILES string of the molecule is COc1ccccc1[C@@H](C)NC(=O)[C@@H](C)Oc1cc(C)ccc1C. The molecule has 0 unspecified atom stereocenters. The van der Waals surface area contributed by atoms with Crippen molar-refractivity contribution in [3.63, 3.8) is 0 Å². The van der Waals surface area contributed by atoms with Crippen LogP contribution in [0, 0.1) is 13.8 Å². The van der Waals surface area contributed by atoms with Crippen molar-refractivity contribution in [3.05, 3.63) is 59.2 Å². The third-order valence-corrected chi connectivity index (χ3v) is 3.98. The molecule has 0 aliphatic rings. The first kappa shape index (κ1) is 17.9. The van der Waals surface area contributed by atoms with Gasteiger partial charge >= 0.3 is 0 Å². The molecule has 0 heterocycles. The monoisotopic (exact) mass is 327 g/mol. The van der Waals surface area contributed by atoms with Crippen LogP contribution in [0.4, 0.5) is 0 Å². The maximum atomic E-state index is 12.5. The standard InChI is InChI=1S/C20H25NO3/c1-13-10-11-14(2)19(12-13)24-16(4)20(22)21-15(3)17-8-6-7-9-18(17)23-5/h6-12,15-16H,1-5H3,(H,21,22)/t15-,16-/m1/s1. The molecule has 4 heteroatoms. The highest BCUT2D eigenvalue weighted by Gasteiger charge is 2.20. The average molecular weight is 327 g/mol. The summed E-state index contributed by atoms with van der Waals surface area (Å²) in [6, 6.07) is 13.5. The molecule has 0 aromatic heterocycles. The molecule has 0 saturated carbocycles. The summed E-state index contributed by atoms with van der Waals surface area (Å²) >= 11 is 0. The predicted octanol–water partition coefficient (Wildman–Crippen LogP) is 3.96. The van der Waals surface area contributed by atoms with Crippen LogP contribution < -0.4 is 14.8 Å². The summed E-state index contributed by atoms with van der Waals surface area (Å²) in [5.74, 6) is 1.34. The number of ether oxygens (including phenoxy) is 2. The van der Waals surface area contributed by atoms with Gasteiger partial charge in [0.15, 0.2) is 6.10 Å². The fraction of sp³-hybridized carbons (Fsp3) is 0.350. The first-order valence-corrected chi connectivity index (χ1v) is 8.09. The number of benzene rings is 2. The minimum Gasteiger partial charge on any atom is -0.496 e. The predicted molar refractivity (Wildman–Crippen MR) is 95.6 cm³/mol. The first-order chi connectivity index (χ1) is 11.4. The zero-order chi connectivity index (χ0) is 17.7. The fourth-order valence-corrected chi connectivity index (χ4v) is 2.51. The van der Waals surface area contributed by atoms with Crippen molar-refractivity contribution in [2.75, 3.05) is 7.11 Å². The molecule has 2 aromatic rings. The van der Waals surface area contributed by atoms with E-state index in [9.17, 15) is 4.79 Å². The highest BCUT2D eigenvalue weighted by atomic mass is 16.5. The number of nitrogens with one attached hydrogen (secondary N) is 1. The number of carbonyl (C=O) groups excluding carboxylic acids is 1. The Kier molecular flexibility index (Phi) is 5.85. The maximum absolute atomic E-state index is 12.5. The molecule has 0 radical (unpaired) electrons. The van der Waals surface area contributed by atoms with Crippen LogP contribution in [0.25, 0.3) is 0 Å². The minimum atomic E-state index is -0.581. The molecule has 2 rings (SSSR count). The van der Waals surface area contributed by atoms with E-state index >= 15 is 0 Å². The van der Waals surface area contributed by atoms with Crippen LogP contribution in [-0.2, 0) is 4.79 Å². The molecule has 1 N–H and O–H groups in total. The smallest absolute Gasteiger partial charge is 0.261 e. The molecule has 4 nitrogen and oxygen atoms in total. The Morgan fingerprint density at radius 3 is 2.46 bits per heavy atom. The van der Waals surface area contributed by atoms with Crippen molar-refractivity contribution in [3.8, 4) is 11.5 Å². The first-order valence-electron chi connectivity index (χ1n) is 8.09. The lowest BCUT2D eigenvalue weighted by atomic mass is 10.1. The lowest BCUT2D eigenvalue weighted by Gasteiger charge is -2.21. The van der Waals surface area contributed by atoms with Crippen molar-refractivity contribution in [2.45, 2.75) is 39.8 Å². The van der Waals surface area contributed by atoms with E-state index in [-0.39, 0.29) is 11.9 Å². The molecular weight excluding hydrogens is 302 g/mol. The van der Waals surface area contributed by atoms with E-state index in [0.29, 0.717) is 0 Å². The van der Waals surface area contributed by atoms with Gasteiger partial charge in [0.1, 0.15) is 11.5 Å². The van der Waals surface area contributed by atoms with Crippen LogP contribution in [0.15, 0.2) is 42.5 Å². The Balaban J connectivity index is 2.04. The Morgan fingerprint density at radius 2 is 1.75 bits per heavy atom. The van der Waals surface area contributed by atoms with Gasteiger partial charge < -0.3 is 14.8 Å². The number of rotatable bonds is 6. The number of hydrogen-bond acceptors (Lipinski definition) is 3. The van der Waals surface area contributed by atoms with Gasteiger partial charge in [0.2, 0.25) is 0 Å². The largest absolute Gasteiger partial charge is 0.496 e. The Morgan fingerprint density at radius 1 is 1.04 bits per heavy atom. The summed E-state index contributed by atoms with van der Waals surface area (Å²) in [6.07, 6.45) is -0.581. The number of methoxy groups -OCH3 is 1. The lowest BCUT2D eigenvalue weighted by Crippen LogP contribution is -2.38. The molecule has 0 aliphatic carbocycles. The van der Waals surface area contributed by atoms with Gasteiger partial charge in [-0.2, -0.15) is 0 Å². The molecule has 0 fully saturated rings. The van der Waals surface area contributed by atoms with Gasteiger partial charge in [-0.1, -0.05) is 30.3 Å². The van der Waals surface area contributed by atoms with Crippen molar-refractivity contribution in [1.82, 2.24) is 5.32 Å². The zero-order valence-corrected chi connectivity index (χ0v) is 14.9. The van der Waals surface area contributed by atoms with E-state index in [2.05, 4.69) is 5.32 Å². The molecule has 0 bridgehead atoms. The van der Waals surface area contributed by atoms with E-state index in [1.165, 1.54) is 0 Å². The molecule has 1 amide bonds. The summed E-state index contributed by atoms with van der Waals surface area (Å²) in [6.45, 7) is 7.66.